The number of nitrogens with zero attached hydrogens (tertiary/aromatic N) is 2. The molecule has 1 aromatic rings. The number of carbonyl (C=O) groups excluding carboxylic acids is 1. The zero-order valence-electron chi connectivity index (χ0n) is 14.4. The van der Waals surface area contributed by atoms with E-state index in [1.165, 1.54) is 40.5 Å². The third-order valence-electron chi connectivity index (χ3n) is 4.16. The summed E-state index contributed by atoms with van der Waals surface area (Å²) in [7, 11) is -2.26. The Morgan fingerprint density at radius 2 is 2.04 bits per heavy atom. The van der Waals surface area contributed by atoms with E-state index in [-0.39, 0.29) is 36.3 Å². The van der Waals surface area contributed by atoms with Crippen LogP contribution in [-0.4, -0.2) is 73.5 Å². The van der Waals surface area contributed by atoms with E-state index >= 15 is 0 Å². The van der Waals surface area contributed by atoms with Gasteiger partial charge in [0.05, 0.1) is 18.1 Å². The van der Waals surface area contributed by atoms with Crippen LogP contribution in [0.5, 0.6) is 0 Å². The maximum absolute atomic E-state index is 12.7. The summed E-state index contributed by atoms with van der Waals surface area (Å²) >= 11 is 0. The minimum absolute atomic E-state index is 0.00492. The molecule has 0 aliphatic carbocycles. The third kappa shape index (κ3) is 4.00. The van der Waals surface area contributed by atoms with Gasteiger partial charge in [-0.3, -0.25) is 4.79 Å². The van der Waals surface area contributed by atoms with Crippen molar-refractivity contribution in [3.63, 3.8) is 0 Å². The van der Waals surface area contributed by atoms with Crippen molar-refractivity contribution in [3.8, 4) is 0 Å². The number of amides is 1. The number of hydrogen-bond acceptors (Lipinski definition) is 5. The largest absolute Gasteiger partial charge is 0.480 e. The Hall–Kier alpha value is -1.97. The molecule has 1 fully saturated rings. The summed E-state index contributed by atoms with van der Waals surface area (Å²) in [6.45, 7) is 3.78. The van der Waals surface area contributed by atoms with Crippen LogP contribution in [-0.2, 0) is 19.6 Å². The average molecular weight is 370 g/mol. The summed E-state index contributed by atoms with van der Waals surface area (Å²) in [4.78, 5) is 25.2. The number of hydrogen-bond donors (Lipinski definition) is 1. The molecule has 1 heterocycles. The van der Waals surface area contributed by atoms with Crippen LogP contribution < -0.4 is 0 Å². The van der Waals surface area contributed by atoms with Crippen molar-refractivity contribution in [2.45, 2.75) is 30.8 Å². The molecule has 1 amide bonds. The van der Waals surface area contributed by atoms with Gasteiger partial charge in [0.15, 0.2) is 6.04 Å². The Morgan fingerprint density at radius 1 is 1.36 bits per heavy atom. The zero-order valence-corrected chi connectivity index (χ0v) is 15.2. The Bertz CT molecular complexity index is 762. The van der Waals surface area contributed by atoms with E-state index < -0.39 is 27.9 Å². The van der Waals surface area contributed by atoms with E-state index in [1.807, 2.05) is 0 Å². The molecule has 25 heavy (non-hydrogen) atoms. The normalized spacial score (nSPS) is 18.6. The molecule has 1 unspecified atom stereocenters. The summed E-state index contributed by atoms with van der Waals surface area (Å²) in [5, 5.41) is 9.25. The van der Waals surface area contributed by atoms with Crippen LogP contribution >= 0.6 is 0 Å². The molecule has 0 aromatic heterocycles. The van der Waals surface area contributed by atoms with Crippen molar-refractivity contribution >= 4 is 21.9 Å². The van der Waals surface area contributed by atoms with Crippen LogP contribution in [0.15, 0.2) is 29.2 Å². The van der Waals surface area contributed by atoms with Gasteiger partial charge in [0.2, 0.25) is 10.0 Å². The molecule has 0 saturated carbocycles. The first-order valence-electron chi connectivity index (χ1n) is 7.86. The number of benzene rings is 1. The molecule has 0 bridgehead atoms. The molecular weight excluding hydrogens is 348 g/mol. The summed E-state index contributed by atoms with van der Waals surface area (Å²) in [6.07, 6.45) is 0. The molecule has 0 spiro atoms. The Morgan fingerprint density at radius 3 is 2.64 bits per heavy atom. The van der Waals surface area contributed by atoms with Gasteiger partial charge in [0.1, 0.15) is 0 Å². The Balaban J connectivity index is 2.35. The first-order chi connectivity index (χ1) is 11.7. The number of carboxylic acid groups (broad SMARTS) is 1. The standard InChI is InChI=1S/C16H22N2O6S/c1-11(2)17(3)25(22,23)13-6-4-5-12(9-13)15(19)18-7-8-24-10-14(18)16(20)21/h4-6,9,11,14H,7-8,10H2,1-3H3,(H,20,21). The van der Waals surface area contributed by atoms with Crippen molar-refractivity contribution in [3.05, 3.63) is 29.8 Å². The number of carboxylic acids is 1. The molecule has 9 heteroatoms. The van der Waals surface area contributed by atoms with Crippen LogP contribution in [0.1, 0.15) is 24.2 Å². The number of sulfonamides is 1. The van der Waals surface area contributed by atoms with Crippen molar-refractivity contribution in [1.29, 1.82) is 0 Å². The van der Waals surface area contributed by atoms with E-state index in [2.05, 4.69) is 0 Å². The third-order valence-corrected chi connectivity index (χ3v) is 6.19. The van der Waals surface area contributed by atoms with Gasteiger partial charge in [-0.2, -0.15) is 4.31 Å². The fourth-order valence-corrected chi connectivity index (χ4v) is 3.86. The molecule has 1 aliphatic heterocycles. The van der Waals surface area contributed by atoms with Crippen LogP contribution in [0.4, 0.5) is 0 Å². The van der Waals surface area contributed by atoms with Crippen LogP contribution in [0, 0.1) is 0 Å². The maximum atomic E-state index is 12.7. The van der Waals surface area contributed by atoms with Gasteiger partial charge in [-0.05, 0) is 32.0 Å². The molecular formula is C16H22N2O6S. The first kappa shape index (κ1) is 19.4. The molecule has 1 aromatic carbocycles. The molecule has 1 aliphatic rings. The van der Waals surface area contributed by atoms with Crippen LogP contribution in [0.2, 0.25) is 0 Å². The topological polar surface area (TPSA) is 104 Å². The van der Waals surface area contributed by atoms with E-state index in [1.54, 1.807) is 13.8 Å². The van der Waals surface area contributed by atoms with Gasteiger partial charge in [-0.25, -0.2) is 13.2 Å². The Labute approximate surface area is 147 Å². The maximum Gasteiger partial charge on any atom is 0.328 e. The summed E-state index contributed by atoms with van der Waals surface area (Å²) in [5.41, 5.74) is 0.131. The predicted molar refractivity (Wildman–Crippen MR) is 89.8 cm³/mol. The summed E-state index contributed by atoms with van der Waals surface area (Å²) in [6, 6.07) is 4.33. The highest BCUT2D eigenvalue weighted by molar-refractivity contribution is 7.89. The second-order valence-corrected chi connectivity index (χ2v) is 8.07. The molecule has 2 rings (SSSR count). The second-order valence-electron chi connectivity index (χ2n) is 6.07. The first-order valence-corrected chi connectivity index (χ1v) is 9.30. The van der Waals surface area contributed by atoms with Gasteiger partial charge < -0.3 is 14.7 Å². The average Bonchev–Trinajstić information content (AvgIpc) is 2.60. The SMILES string of the molecule is CC(C)N(C)S(=O)(=O)c1cccc(C(=O)N2CCOCC2C(=O)O)c1. The van der Waals surface area contributed by atoms with Gasteiger partial charge >= 0.3 is 5.97 Å². The molecule has 1 N–H and O–H groups in total. The number of carbonyl (C=O) groups is 2. The highest BCUT2D eigenvalue weighted by Gasteiger charge is 2.34. The fourth-order valence-electron chi connectivity index (χ4n) is 2.45. The van der Waals surface area contributed by atoms with E-state index in [4.69, 9.17) is 4.74 Å². The lowest BCUT2D eigenvalue weighted by Gasteiger charge is -2.33. The summed E-state index contributed by atoms with van der Waals surface area (Å²) < 4.78 is 31.5. The summed E-state index contributed by atoms with van der Waals surface area (Å²) in [5.74, 6) is -1.68. The van der Waals surface area contributed by atoms with E-state index in [0.29, 0.717) is 0 Å². The van der Waals surface area contributed by atoms with Crippen LogP contribution in [0.3, 0.4) is 0 Å². The van der Waals surface area contributed by atoms with Gasteiger partial charge in [-0.15, -0.1) is 0 Å². The highest BCUT2D eigenvalue weighted by atomic mass is 32.2. The highest BCUT2D eigenvalue weighted by Crippen LogP contribution is 2.20. The minimum atomic E-state index is -3.73. The monoisotopic (exact) mass is 370 g/mol. The number of rotatable bonds is 5. The fraction of sp³-hybridized carbons (Fsp3) is 0.500. The number of aliphatic carboxylic acids is 1. The smallest absolute Gasteiger partial charge is 0.328 e. The minimum Gasteiger partial charge on any atom is -0.480 e. The molecule has 0 radical (unpaired) electrons. The van der Waals surface area contributed by atoms with Crippen molar-refractivity contribution in [2.75, 3.05) is 26.8 Å². The lowest BCUT2D eigenvalue weighted by atomic mass is 10.1. The second kappa shape index (κ2) is 7.51. The van der Waals surface area contributed by atoms with Gasteiger partial charge in [0.25, 0.3) is 5.91 Å². The molecule has 1 saturated heterocycles. The Kier molecular flexibility index (Phi) is 5.81. The van der Waals surface area contributed by atoms with Crippen molar-refractivity contribution < 1.29 is 27.9 Å². The van der Waals surface area contributed by atoms with Gasteiger partial charge in [-0.1, -0.05) is 6.07 Å². The molecule has 138 valence electrons. The van der Waals surface area contributed by atoms with E-state index in [0.717, 1.165) is 0 Å². The number of morpholine rings is 1. The predicted octanol–water partition coefficient (Wildman–Crippen LogP) is 0.641. The van der Waals surface area contributed by atoms with Crippen LogP contribution in [0.25, 0.3) is 0 Å². The quantitative estimate of drug-likeness (QED) is 0.816. The van der Waals surface area contributed by atoms with Crippen molar-refractivity contribution in [2.24, 2.45) is 0 Å². The van der Waals surface area contributed by atoms with Crippen molar-refractivity contribution in [1.82, 2.24) is 9.21 Å². The lowest BCUT2D eigenvalue weighted by molar-refractivity contribution is -0.147. The molecule has 1 atom stereocenters. The van der Waals surface area contributed by atoms with E-state index in [9.17, 15) is 23.1 Å². The lowest BCUT2D eigenvalue weighted by Crippen LogP contribution is -2.52. The number of ether oxygens (including phenoxy) is 1. The zero-order chi connectivity index (χ0) is 18.8. The van der Waals surface area contributed by atoms with Gasteiger partial charge in [0, 0.05) is 25.2 Å². The molecule has 8 nitrogen and oxygen atoms in total.